The van der Waals surface area contributed by atoms with Crippen LogP contribution in [0.5, 0.6) is 11.5 Å². The molecule has 0 fully saturated rings. The summed E-state index contributed by atoms with van der Waals surface area (Å²) in [6.45, 7) is 1.23. The number of benzene rings is 2. The summed E-state index contributed by atoms with van der Waals surface area (Å²) in [5.41, 5.74) is 0.752. The van der Waals surface area contributed by atoms with Crippen LogP contribution in [-0.4, -0.2) is 35.4 Å². The maximum Gasteiger partial charge on any atom is 0.249 e. The molecule has 1 heterocycles. The highest BCUT2D eigenvalue weighted by molar-refractivity contribution is 5.63. The van der Waals surface area contributed by atoms with E-state index in [0.29, 0.717) is 30.7 Å². The molecule has 0 bridgehead atoms. The van der Waals surface area contributed by atoms with Crippen LogP contribution < -0.4 is 15.4 Å². The second-order valence-electron chi connectivity index (χ2n) is 5.12. The molecule has 25 heavy (non-hydrogen) atoms. The Kier molecular flexibility index (Phi) is 5.73. The molecule has 0 saturated carbocycles. The molecule has 0 atom stereocenters. The van der Waals surface area contributed by atoms with E-state index in [9.17, 15) is 0 Å². The molecule has 2 N–H and O–H groups in total. The summed E-state index contributed by atoms with van der Waals surface area (Å²) in [4.78, 5) is 4.38. The Bertz CT molecular complexity index is 798. The van der Waals surface area contributed by atoms with Crippen LogP contribution in [0.2, 0.25) is 0 Å². The van der Waals surface area contributed by atoms with Crippen molar-refractivity contribution in [2.24, 2.45) is 0 Å². The van der Waals surface area contributed by atoms with Gasteiger partial charge in [-0.25, -0.2) is 0 Å². The van der Waals surface area contributed by atoms with Crippen LogP contribution in [0.4, 0.5) is 17.5 Å². The largest absolute Gasteiger partial charge is 0.455 e. The Hall–Kier alpha value is -3.19. The number of nitrogens with zero attached hydrogens (tertiary/aromatic N) is 3. The quantitative estimate of drug-likeness (QED) is 0.609. The summed E-state index contributed by atoms with van der Waals surface area (Å²) in [6.07, 6.45) is 1.56. The predicted molar refractivity (Wildman–Crippen MR) is 96.4 cm³/mol. The average molecular weight is 337 g/mol. The van der Waals surface area contributed by atoms with Gasteiger partial charge in [0.2, 0.25) is 5.95 Å². The first-order valence-corrected chi connectivity index (χ1v) is 7.86. The molecule has 0 aliphatic rings. The first kappa shape index (κ1) is 16.7. The molecule has 1 aromatic heterocycles. The first-order chi connectivity index (χ1) is 12.3. The number of methoxy groups -OCH3 is 1. The number of nitrogens with one attached hydrogen (secondary N) is 2. The molecule has 3 aromatic rings. The van der Waals surface area contributed by atoms with Gasteiger partial charge in [-0.15, -0.1) is 5.10 Å². The number of anilines is 3. The summed E-state index contributed by atoms with van der Waals surface area (Å²) in [5.74, 6) is 2.43. The summed E-state index contributed by atoms with van der Waals surface area (Å²) in [5, 5.41) is 14.2. The molecule has 3 rings (SSSR count). The van der Waals surface area contributed by atoms with Gasteiger partial charge >= 0.3 is 0 Å². The Labute approximate surface area is 146 Å². The highest BCUT2D eigenvalue weighted by Crippen LogP contribution is 2.30. The lowest BCUT2D eigenvalue weighted by Gasteiger charge is -2.12. The van der Waals surface area contributed by atoms with Gasteiger partial charge in [0.25, 0.3) is 0 Å². The fraction of sp³-hybridized carbons (Fsp3) is 0.167. The van der Waals surface area contributed by atoms with Crippen LogP contribution in [-0.2, 0) is 4.74 Å². The molecule has 0 spiro atoms. The molecule has 2 aromatic carbocycles. The Balaban J connectivity index is 1.74. The molecule has 0 amide bonds. The van der Waals surface area contributed by atoms with Gasteiger partial charge in [-0.2, -0.15) is 10.1 Å². The molecular weight excluding hydrogens is 318 g/mol. The number of ether oxygens (including phenoxy) is 2. The zero-order chi connectivity index (χ0) is 17.3. The summed E-state index contributed by atoms with van der Waals surface area (Å²) in [7, 11) is 1.65. The fourth-order valence-corrected chi connectivity index (χ4v) is 2.12. The van der Waals surface area contributed by atoms with Crippen molar-refractivity contribution < 1.29 is 9.47 Å². The van der Waals surface area contributed by atoms with Crippen LogP contribution in [0.3, 0.4) is 0 Å². The van der Waals surface area contributed by atoms with E-state index in [1.165, 1.54) is 0 Å². The fourth-order valence-electron chi connectivity index (χ4n) is 2.12. The SMILES string of the molecule is COCCNc1cnnc(Nc2ccccc2Oc2ccccc2)n1. The molecule has 128 valence electrons. The van der Waals surface area contributed by atoms with Gasteiger partial charge < -0.3 is 20.1 Å². The minimum atomic E-state index is 0.381. The van der Waals surface area contributed by atoms with E-state index in [2.05, 4.69) is 25.8 Å². The van der Waals surface area contributed by atoms with Crippen LogP contribution in [0, 0.1) is 0 Å². The molecule has 0 aliphatic heterocycles. The van der Waals surface area contributed by atoms with Gasteiger partial charge in [0.1, 0.15) is 5.75 Å². The first-order valence-electron chi connectivity index (χ1n) is 7.86. The van der Waals surface area contributed by atoms with E-state index >= 15 is 0 Å². The summed E-state index contributed by atoms with van der Waals surface area (Å²) in [6, 6.07) is 17.2. The monoisotopic (exact) mass is 337 g/mol. The topological polar surface area (TPSA) is 81.2 Å². The van der Waals surface area contributed by atoms with Gasteiger partial charge in [-0.1, -0.05) is 30.3 Å². The maximum absolute atomic E-state index is 5.92. The van der Waals surface area contributed by atoms with Gasteiger partial charge in [0.05, 0.1) is 18.5 Å². The van der Waals surface area contributed by atoms with Crippen LogP contribution in [0.1, 0.15) is 0 Å². The zero-order valence-corrected chi connectivity index (χ0v) is 13.8. The minimum Gasteiger partial charge on any atom is -0.455 e. The van der Waals surface area contributed by atoms with Crippen LogP contribution in [0.15, 0.2) is 60.8 Å². The lowest BCUT2D eigenvalue weighted by Crippen LogP contribution is -2.10. The zero-order valence-electron chi connectivity index (χ0n) is 13.8. The Morgan fingerprint density at radius 1 is 1.00 bits per heavy atom. The molecule has 0 aliphatic carbocycles. The van der Waals surface area contributed by atoms with Gasteiger partial charge in [0, 0.05) is 13.7 Å². The lowest BCUT2D eigenvalue weighted by molar-refractivity contribution is 0.210. The predicted octanol–water partition coefficient (Wildman–Crippen LogP) is 3.47. The standard InChI is InChI=1S/C18H19N5O2/c1-24-12-11-19-17-13-20-23-18(22-17)21-15-9-5-6-10-16(15)25-14-7-3-2-4-8-14/h2-10,13H,11-12H2,1H3,(H2,19,21,22,23). The number of aromatic nitrogens is 3. The molecule has 7 heteroatoms. The number of rotatable bonds is 8. The third-order valence-electron chi connectivity index (χ3n) is 3.28. The van der Waals surface area contributed by atoms with E-state index in [1.54, 1.807) is 13.3 Å². The Morgan fingerprint density at radius 2 is 1.80 bits per heavy atom. The molecule has 0 saturated heterocycles. The van der Waals surface area contributed by atoms with Gasteiger partial charge in [-0.05, 0) is 24.3 Å². The summed E-state index contributed by atoms with van der Waals surface area (Å²) < 4.78 is 10.9. The van der Waals surface area contributed by atoms with Crippen molar-refractivity contribution in [3.63, 3.8) is 0 Å². The average Bonchev–Trinajstić information content (AvgIpc) is 2.65. The van der Waals surface area contributed by atoms with E-state index in [-0.39, 0.29) is 0 Å². The van der Waals surface area contributed by atoms with Crippen molar-refractivity contribution in [2.45, 2.75) is 0 Å². The Morgan fingerprint density at radius 3 is 2.64 bits per heavy atom. The van der Waals surface area contributed by atoms with E-state index in [1.807, 2.05) is 54.6 Å². The lowest BCUT2D eigenvalue weighted by atomic mass is 10.3. The van der Waals surface area contributed by atoms with Crippen molar-refractivity contribution in [3.8, 4) is 11.5 Å². The number of hydrogen-bond donors (Lipinski definition) is 2. The van der Waals surface area contributed by atoms with Crippen LogP contribution in [0.25, 0.3) is 0 Å². The normalized spacial score (nSPS) is 10.3. The van der Waals surface area contributed by atoms with Crippen LogP contribution >= 0.6 is 0 Å². The maximum atomic E-state index is 5.92. The highest BCUT2D eigenvalue weighted by Gasteiger charge is 2.07. The van der Waals surface area contributed by atoms with Crippen molar-refractivity contribution in [1.29, 1.82) is 0 Å². The molecule has 0 radical (unpaired) electrons. The van der Waals surface area contributed by atoms with Crippen molar-refractivity contribution in [1.82, 2.24) is 15.2 Å². The van der Waals surface area contributed by atoms with Crippen molar-refractivity contribution in [3.05, 3.63) is 60.8 Å². The highest BCUT2D eigenvalue weighted by atomic mass is 16.5. The minimum absolute atomic E-state index is 0.381. The van der Waals surface area contributed by atoms with E-state index < -0.39 is 0 Å². The van der Waals surface area contributed by atoms with Gasteiger partial charge in [-0.3, -0.25) is 0 Å². The second-order valence-corrected chi connectivity index (χ2v) is 5.12. The molecule has 0 unspecified atom stereocenters. The molecular formula is C18H19N5O2. The van der Waals surface area contributed by atoms with E-state index in [4.69, 9.17) is 9.47 Å². The second kappa shape index (κ2) is 8.60. The number of para-hydroxylation sites is 3. The van der Waals surface area contributed by atoms with Gasteiger partial charge in [0.15, 0.2) is 11.6 Å². The third-order valence-corrected chi connectivity index (χ3v) is 3.28. The van der Waals surface area contributed by atoms with Crippen molar-refractivity contribution in [2.75, 3.05) is 30.9 Å². The van der Waals surface area contributed by atoms with Crippen molar-refractivity contribution >= 4 is 17.5 Å². The third kappa shape index (κ3) is 4.89. The van der Waals surface area contributed by atoms with E-state index in [0.717, 1.165) is 11.4 Å². The summed E-state index contributed by atoms with van der Waals surface area (Å²) >= 11 is 0. The number of hydrogen-bond acceptors (Lipinski definition) is 7. The smallest absolute Gasteiger partial charge is 0.249 e. The molecule has 7 nitrogen and oxygen atoms in total.